The summed E-state index contributed by atoms with van der Waals surface area (Å²) in [4.78, 5) is 2.59. The highest BCUT2D eigenvalue weighted by molar-refractivity contribution is 5.02. The van der Waals surface area contributed by atoms with Crippen LogP contribution in [0.25, 0.3) is 0 Å². The van der Waals surface area contributed by atoms with E-state index in [1.165, 1.54) is 32.1 Å². The summed E-state index contributed by atoms with van der Waals surface area (Å²) in [5.41, 5.74) is 6.93. The minimum absolute atomic E-state index is 0.226. The van der Waals surface area contributed by atoms with Crippen LogP contribution in [0.1, 0.15) is 66.7 Å². The molecule has 0 aromatic heterocycles. The van der Waals surface area contributed by atoms with Crippen molar-refractivity contribution in [1.82, 2.24) is 4.90 Å². The molecule has 0 heterocycles. The van der Waals surface area contributed by atoms with E-state index < -0.39 is 0 Å². The molecule has 3 unspecified atom stereocenters. The number of hydrogen-bond acceptors (Lipinski definition) is 2. The third-order valence-corrected chi connectivity index (χ3v) is 5.43. The number of nitrogens with zero attached hydrogens (tertiary/aromatic N) is 1. The quantitative estimate of drug-likeness (QED) is 0.811. The van der Waals surface area contributed by atoms with Crippen LogP contribution in [0.3, 0.4) is 0 Å². The van der Waals surface area contributed by atoms with E-state index in [1.54, 1.807) is 0 Å². The second-order valence-electron chi connectivity index (χ2n) is 7.33. The molecule has 0 bridgehead atoms. The Balaban J connectivity index is 2.85. The van der Waals surface area contributed by atoms with Crippen LogP contribution in [0, 0.1) is 11.3 Å². The van der Waals surface area contributed by atoms with Gasteiger partial charge in [-0.05, 0) is 51.0 Å². The summed E-state index contributed by atoms with van der Waals surface area (Å²) in [6.45, 7) is 12.6. The lowest BCUT2D eigenvalue weighted by Crippen LogP contribution is -2.61. The highest BCUT2D eigenvalue weighted by Crippen LogP contribution is 2.46. The van der Waals surface area contributed by atoms with Crippen molar-refractivity contribution < 1.29 is 0 Å². The van der Waals surface area contributed by atoms with Gasteiger partial charge in [0.15, 0.2) is 0 Å². The van der Waals surface area contributed by atoms with Gasteiger partial charge in [-0.3, -0.25) is 4.90 Å². The first-order valence-corrected chi connectivity index (χ1v) is 7.72. The molecular weight excluding hydrogens is 220 g/mol. The van der Waals surface area contributed by atoms with Crippen molar-refractivity contribution in [2.45, 2.75) is 78.3 Å². The zero-order valence-corrected chi connectivity index (χ0v) is 13.4. The lowest BCUT2D eigenvalue weighted by Gasteiger charge is -2.54. The van der Waals surface area contributed by atoms with Crippen molar-refractivity contribution >= 4 is 0 Å². The molecule has 1 fully saturated rings. The van der Waals surface area contributed by atoms with E-state index in [0.717, 1.165) is 6.54 Å². The van der Waals surface area contributed by atoms with Gasteiger partial charge in [0.25, 0.3) is 0 Å². The molecule has 2 nitrogen and oxygen atoms in total. The molecule has 0 aromatic carbocycles. The maximum Gasteiger partial charge on any atom is 0.0357 e. The lowest BCUT2D eigenvalue weighted by molar-refractivity contribution is -0.0283. The predicted octanol–water partition coefficient (Wildman–Crippen LogP) is 3.65. The van der Waals surface area contributed by atoms with Crippen molar-refractivity contribution in [3.05, 3.63) is 0 Å². The summed E-state index contributed by atoms with van der Waals surface area (Å²) in [6, 6.07) is 0.641. The van der Waals surface area contributed by atoms with E-state index in [0.29, 0.717) is 17.4 Å². The first-order chi connectivity index (χ1) is 8.29. The molecule has 0 amide bonds. The van der Waals surface area contributed by atoms with Crippen LogP contribution in [-0.2, 0) is 0 Å². The smallest absolute Gasteiger partial charge is 0.0357 e. The Morgan fingerprint density at radius 3 is 2.39 bits per heavy atom. The Morgan fingerprint density at radius 1 is 1.33 bits per heavy atom. The molecule has 0 radical (unpaired) electrons. The van der Waals surface area contributed by atoms with E-state index in [9.17, 15) is 0 Å². The largest absolute Gasteiger partial charge is 0.329 e. The van der Waals surface area contributed by atoms with Crippen molar-refractivity contribution in [3.63, 3.8) is 0 Å². The van der Waals surface area contributed by atoms with Crippen LogP contribution in [0.15, 0.2) is 0 Å². The topological polar surface area (TPSA) is 29.3 Å². The predicted molar refractivity (Wildman–Crippen MR) is 80.7 cm³/mol. The zero-order chi connectivity index (χ0) is 14.0. The average molecular weight is 254 g/mol. The van der Waals surface area contributed by atoms with E-state index in [-0.39, 0.29) is 5.54 Å². The summed E-state index contributed by atoms with van der Waals surface area (Å²) >= 11 is 0. The Morgan fingerprint density at radius 2 is 1.94 bits per heavy atom. The lowest BCUT2D eigenvalue weighted by atomic mass is 9.63. The maximum absolute atomic E-state index is 6.21. The minimum Gasteiger partial charge on any atom is -0.329 e. The molecule has 108 valence electrons. The van der Waals surface area contributed by atoms with Gasteiger partial charge in [0.2, 0.25) is 0 Å². The van der Waals surface area contributed by atoms with Crippen molar-refractivity contribution in [2.75, 3.05) is 13.6 Å². The Kier molecular flexibility index (Phi) is 5.25. The number of rotatable bonds is 5. The van der Waals surface area contributed by atoms with Gasteiger partial charge in [-0.1, -0.05) is 34.1 Å². The fraction of sp³-hybridized carbons (Fsp3) is 1.00. The van der Waals surface area contributed by atoms with E-state index in [4.69, 9.17) is 5.73 Å². The fourth-order valence-electron chi connectivity index (χ4n) is 3.94. The summed E-state index contributed by atoms with van der Waals surface area (Å²) < 4.78 is 0. The van der Waals surface area contributed by atoms with Gasteiger partial charge in [-0.25, -0.2) is 0 Å². The van der Waals surface area contributed by atoms with Gasteiger partial charge < -0.3 is 5.73 Å². The number of hydrogen-bond donors (Lipinski definition) is 1. The SMILES string of the molecule is CCCC(C)N(C)C1(CN)CCC(C)(C)CC1C. The van der Waals surface area contributed by atoms with Crippen LogP contribution in [0.4, 0.5) is 0 Å². The van der Waals surface area contributed by atoms with E-state index >= 15 is 0 Å². The van der Waals surface area contributed by atoms with Crippen LogP contribution in [-0.4, -0.2) is 30.1 Å². The maximum atomic E-state index is 6.21. The van der Waals surface area contributed by atoms with Crippen LogP contribution < -0.4 is 5.73 Å². The second kappa shape index (κ2) is 5.92. The summed E-state index contributed by atoms with van der Waals surface area (Å²) in [6.07, 6.45) is 6.38. The molecule has 1 aliphatic rings. The van der Waals surface area contributed by atoms with Gasteiger partial charge in [0.05, 0.1) is 0 Å². The molecule has 0 aromatic rings. The molecule has 1 aliphatic carbocycles. The van der Waals surface area contributed by atoms with Crippen LogP contribution in [0.5, 0.6) is 0 Å². The van der Waals surface area contributed by atoms with Gasteiger partial charge in [0.1, 0.15) is 0 Å². The molecule has 1 rings (SSSR count). The summed E-state index contributed by atoms with van der Waals surface area (Å²) in [7, 11) is 2.29. The van der Waals surface area contributed by atoms with Gasteiger partial charge in [0, 0.05) is 18.1 Å². The van der Waals surface area contributed by atoms with E-state index in [1.807, 2.05) is 0 Å². The second-order valence-corrected chi connectivity index (χ2v) is 7.33. The number of likely N-dealkylation sites (N-methyl/N-ethyl adjacent to an activating group) is 1. The third-order valence-electron chi connectivity index (χ3n) is 5.43. The molecular formula is C16H34N2. The monoisotopic (exact) mass is 254 g/mol. The zero-order valence-electron chi connectivity index (χ0n) is 13.4. The normalized spacial score (nSPS) is 33.7. The Hall–Kier alpha value is -0.0800. The van der Waals surface area contributed by atoms with E-state index in [2.05, 4.69) is 46.6 Å². The molecule has 3 atom stereocenters. The Bertz CT molecular complexity index is 262. The summed E-state index contributed by atoms with van der Waals surface area (Å²) in [5, 5.41) is 0. The van der Waals surface area contributed by atoms with Gasteiger partial charge >= 0.3 is 0 Å². The Labute approximate surface area is 114 Å². The third kappa shape index (κ3) is 3.08. The van der Waals surface area contributed by atoms with Crippen molar-refractivity contribution in [2.24, 2.45) is 17.1 Å². The first-order valence-electron chi connectivity index (χ1n) is 7.72. The average Bonchev–Trinajstić information content (AvgIpc) is 2.28. The van der Waals surface area contributed by atoms with Crippen LogP contribution >= 0.6 is 0 Å². The molecule has 18 heavy (non-hydrogen) atoms. The van der Waals surface area contributed by atoms with Gasteiger partial charge in [-0.15, -0.1) is 0 Å². The highest BCUT2D eigenvalue weighted by atomic mass is 15.2. The molecule has 2 N–H and O–H groups in total. The molecule has 0 aliphatic heterocycles. The van der Waals surface area contributed by atoms with Crippen LogP contribution in [0.2, 0.25) is 0 Å². The molecule has 1 saturated carbocycles. The standard InChI is InChI=1S/C16H34N2/c1-7-8-14(3)18(6)16(12-17)10-9-15(4,5)11-13(16)2/h13-14H,7-12,17H2,1-6H3. The summed E-state index contributed by atoms with van der Waals surface area (Å²) in [5.74, 6) is 0.690. The molecule has 2 heteroatoms. The van der Waals surface area contributed by atoms with Crippen molar-refractivity contribution in [1.29, 1.82) is 0 Å². The highest BCUT2D eigenvalue weighted by Gasteiger charge is 2.46. The van der Waals surface area contributed by atoms with Gasteiger partial charge in [-0.2, -0.15) is 0 Å². The minimum atomic E-state index is 0.226. The molecule has 0 spiro atoms. The number of nitrogens with two attached hydrogens (primary N) is 1. The first kappa shape index (κ1) is 16.0. The van der Waals surface area contributed by atoms with Crippen molar-refractivity contribution in [3.8, 4) is 0 Å². The fourth-order valence-corrected chi connectivity index (χ4v) is 3.94. The molecule has 0 saturated heterocycles.